The summed E-state index contributed by atoms with van der Waals surface area (Å²) in [6.07, 6.45) is 6.73. The van der Waals surface area contributed by atoms with Gasteiger partial charge in [0.15, 0.2) is 5.12 Å². The Morgan fingerprint density at radius 3 is 2.70 bits per heavy atom. The summed E-state index contributed by atoms with van der Waals surface area (Å²) in [5.41, 5.74) is 0. The van der Waals surface area contributed by atoms with Crippen molar-refractivity contribution in [1.82, 2.24) is 0 Å². The highest BCUT2D eigenvalue weighted by Gasteiger charge is 2.10. The molecule has 10 heavy (non-hydrogen) atoms. The molecule has 0 N–H and O–H groups in total. The second kappa shape index (κ2) is 3.81. The quantitative estimate of drug-likeness (QED) is 0.570. The number of rotatable bonds is 2. The molecular formula is C8H12OS. The second-order valence-electron chi connectivity index (χ2n) is 2.61. The van der Waals surface area contributed by atoms with Crippen LogP contribution in [0.3, 0.4) is 0 Å². The van der Waals surface area contributed by atoms with E-state index in [-0.39, 0.29) is 5.12 Å². The normalized spacial score (nSPS) is 18.1. The average molecular weight is 156 g/mol. The standard InChI is InChI=1S/C8H12OS/c1-7(9)10-6-8-4-2-3-5-8/h2-3,8H,4-6H2,1H3. The molecule has 1 aliphatic carbocycles. The minimum absolute atomic E-state index is 0.243. The van der Waals surface area contributed by atoms with E-state index in [0.29, 0.717) is 0 Å². The zero-order valence-electron chi connectivity index (χ0n) is 6.17. The first-order chi connectivity index (χ1) is 4.79. The molecule has 0 atom stereocenters. The highest BCUT2D eigenvalue weighted by molar-refractivity contribution is 8.13. The molecule has 0 saturated carbocycles. The van der Waals surface area contributed by atoms with Crippen LogP contribution in [0.25, 0.3) is 0 Å². The van der Waals surface area contributed by atoms with E-state index in [1.54, 1.807) is 6.92 Å². The fraction of sp³-hybridized carbons (Fsp3) is 0.625. The van der Waals surface area contributed by atoms with Crippen molar-refractivity contribution in [3.63, 3.8) is 0 Å². The molecule has 0 saturated heterocycles. The fourth-order valence-electron chi connectivity index (χ4n) is 1.04. The van der Waals surface area contributed by atoms with Crippen LogP contribution < -0.4 is 0 Å². The Bertz CT molecular complexity index is 143. The van der Waals surface area contributed by atoms with Gasteiger partial charge >= 0.3 is 0 Å². The summed E-state index contributed by atoms with van der Waals surface area (Å²) in [4.78, 5) is 10.5. The van der Waals surface area contributed by atoms with Gasteiger partial charge in [-0.2, -0.15) is 0 Å². The van der Waals surface area contributed by atoms with Crippen LogP contribution in [0.2, 0.25) is 0 Å². The van der Waals surface area contributed by atoms with E-state index in [1.807, 2.05) is 0 Å². The third kappa shape index (κ3) is 2.56. The van der Waals surface area contributed by atoms with E-state index in [1.165, 1.54) is 24.6 Å². The molecular weight excluding hydrogens is 144 g/mol. The highest BCUT2D eigenvalue weighted by atomic mass is 32.2. The van der Waals surface area contributed by atoms with Crippen molar-refractivity contribution in [1.29, 1.82) is 0 Å². The lowest BCUT2D eigenvalue weighted by molar-refractivity contribution is -0.109. The summed E-state index contributed by atoms with van der Waals surface area (Å²) in [6.45, 7) is 1.63. The number of allylic oxidation sites excluding steroid dienone is 2. The lowest BCUT2D eigenvalue weighted by Gasteiger charge is -2.04. The van der Waals surface area contributed by atoms with E-state index in [9.17, 15) is 4.79 Å². The summed E-state index contributed by atoms with van der Waals surface area (Å²) in [7, 11) is 0. The van der Waals surface area contributed by atoms with Crippen LogP contribution in [-0.4, -0.2) is 10.9 Å². The molecule has 0 aliphatic heterocycles. The summed E-state index contributed by atoms with van der Waals surface area (Å²) >= 11 is 1.45. The third-order valence-electron chi connectivity index (χ3n) is 1.63. The molecule has 0 aromatic heterocycles. The van der Waals surface area contributed by atoms with Gasteiger partial charge in [0.25, 0.3) is 0 Å². The molecule has 56 valence electrons. The summed E-state index contributed by atoms with van der Waals surface area (Å²) in [6, 6.07) is 0. The number of hydrogen-bond acceptors (Lipinski definition) is 2. The molecule has 1 aliphatic rings. The maximum atomic E-state index is 10.5. The van der Waals surface area contributed by atoms with Crippen LogP contribution in [0, 0.1) is 5.92 Å². The number of thioether (sulfide) groups is 1. The number of carbonyl (C=O) groups excluding carboxylic acids is 1. The minimum atomic E-state index is 0.243. The zero-order chi connectivity index (χ0) is 7.40. The molecule has 1 nitrogen and oxygen atoms in total. The van der Waals surface area contributed by atoms with Crippen LogP contribution in [0.15, 0.2) is 12.2 Å². The molecule has 0 spiro atoms. The third-order valence-corrected chi connectivity index (χ3v) is 2.67. The van der Waals surface area contributed by atoms with Crippen molar-refractivity contribution in [2.75, 3.05) is 5.75 Å². The SMILES string of the molecule is CC(=O)SCC1CC=CC1. The molecule has 1 rings (SSSR count). The van der Waals surface area contributed by atoms with Crippen molar-refractivity contribution in [2.45, 2.75) is 19.8 Å². The van der Waals surface area contributed by atoms with Crippen molar-refractivity contribution in [2.24, 2.45) is 5.92 Å². The lowest BCUT2D eigenvalue weighted by atomic mass is 10.1. The molecule has 0 radical (unpaired) electrons. The van der Waals surface area contributed by atoms with Crippen molar-refractivity contribution < 1.29 is 4.79 Å². The van der Waals surface area contributed by atoms with Gasteiger partial charge in [-0.25, -0.2) is 0 Å². The Labute approximate surface area is 65.9 Å². The van der Waals surface area contributed by atoms with Gasteiger partial charge in [0.2, 0.25) is 0 Å². The van der Waals surface area contributed by atoms with E-state index in [4.69, 9.17) is 0 Å². The van der Waals surface area contributed by atoms with Crippen LogP contribution in [0.1, 0.15) is 19.8 Å². The fourth-order valence-corrected chi connectivity index (χ4v) is 1.79. The molecule has 2 heteroatoms. The Morgan fingerprint density at radius 2 is 2.20 bits per heavy atom. The van der Waals surface area contributed by atoms with E-state index >= 15 is 0 Å². The first-order valence-electron chi connectivity index (χ1n) is 3.57. The lowest BCUT2D eigenvalue weighted by Crippen LogP contribution is -1.99. The van der Waals surface area contributed by atoms with Crippen molar-refractivity contribution >= 4 is 16.9 Å². The topological polar surface area (TPSA) is 17.1 Å². The maximum Gasteiger partial charge on any atom is 0.185 e. The molecule has 0 aromatic rings. The zero-order valence-corrected chi connectivity index (χ0v) is 6.99. The predicted molar refractivity (Wildman–Crippen MR) is 45.0 cm³/mol. The Balaban J connectivity index is 2.09. The van der Waals surface area contributed by atoms with Gasteiger partial charge in [0.1, 0.15) is 0 Å². The van der Waals surface area contributed by atoms with Crippen LogP contribution in [0.4, 0.5) is 0 Å². The first kappa shape index (κ1) is 7.86. The van der Waals surface area contributed by atoms with E-state index in [0.717, 1.165) is 11.7 Å². The average Bonchev–Trinajstić information content (AvgIpc) is 2.34. The molecule has 0 heterocycles. The largest absolute Gasteiger partial charge is 0.288 e. The monoisotopic (exact) mass is 156 g/mol. The maximum absolute atomic E-state index is 10.5. The molecule has 0 unspecified atom stereocenters. The van der Waals surface area contributed by atoms with E-state index in [2.05, 4.69) is 12.2 Å². The minimum Gasteiger partial charge on any atom is -0.288 e. The van der Waals surface area contributed by atoms with Gasteiger partial charge in [-0.1, -0.05) is 23.9 Å². The van der Waals surface area contributed by atoms with Gasteiger partial charge in [0, 0.05) is 12.7 Å². The molecule has 0 fully saturated rings. The van der Waals surface area contributed by atoms with Gasteiger partial charge in [-0.15, -0.1) is 0 Å². The van der Waals surface area contributed by atoms with E-state index < -0.39 is 0 Å². The van der Waals surface area contributed by atoms with Gasteiger partial charge in [-0.3, -0.25) is 4.79 Å². The van der Waals surface area contributed by atoms with Crippen LogP contribution in [0.5, 0.6) is 0 Å². The van der Waals surface area contributed by atoms with Crippen molar-refractivity contribution in [3.8, 4) is 0 Å². The molecule has 0 bridgehead atoms. The predicted octanol–water partition coefficient (Wildman–Crippen LogP) is 2.23. The van der Waals surface area contributed by atoms with Gasteiger partial charge < -0.3 is 0 Å². The van der Waals surface area contributed by atoms with Crippen LogP contribution >= 0.6 is 11.8 Å². The number of carbonyl (C=O) groups is 1. The Hall–Kier alpha value is -0.240. The Morgan fingerprint density at radius 1 is 1.60 bits per heavy atom. The number of hydrogen-bond donors (Lipinski definition) is 0. The van der Waals surface area contributed by atoms with Gasteiger partial charge in [0.05, 0.1) is 0 Å². The summed E-state index contributed by atoms with van der Waals surface area (Å²) in [5, 5.41) is 0.243. The summed E-state index contributed by atoms with van der Waals surface area (Å²) < 4.78 is 0. The van der Waals surface area contributed by atoms with Crippen molar-refractivity contribution in [3.05, 3.63) is 12.2 Å². The summed E-state index contributed by atoms with van der Waals surface area (Å²) in [5.74, 6) is 1.73. The Kier molecular flexibility index (Phi) is 3.00. The molecule has 0 aromatic carbocycles. The molecule has 0 amide bonds. The first-order valence-corrected chi connectivity index (χ1v) is 4.56. The van der Waals surface area contributed by atoms with Crippen LogP contribution in [-0.2, 0) is 4.79 Å². The van der Waals surface area contributed by atoms with Gasteiger partial charge in [-0.05, 0) is 18.8 Å². The smallest absolute Gasteiger partial charge is 0.185 e. The second-order valence-corrected chi connectivity index (χ2v) is 3.81. The highest BCUT2D eigenvalue weighted by Crippen LogP contribution is 2.22.